The van der Waals surface area contributed by atoms with E-state index in [0.29, 0.717) is 5.56 Å². The van der Waals surface area contributed by atoms with Gasteiger partial charge < -0.3 is 10.2 Å². The van der Waals surface area contributed by atoms with Crippen LogP contribution in [-0.4, -0.2) is 11.7 Å². The van der Waals surface area contributed by atoms with Crippen LogP contribution >= 0.6 is 0 Å². The first-order valence-electron chi connectivity index (χ1n) is 8.38. The van der Waals surface area contributed by atoms with E-state index < -0.39 is 0 Å². The summed E-state index contributed by atoms with van der Waals surface area (Å²) >= 11 is 0. The van der Waals surface area contributed by atoms with Crippen LogP contribution in [0.25, 0.3) is 0 Å². The van der Waals surface area contributed by atoms with E-state index in [0.717, 1.165) is 22.7 Å². The maximum Gasteiger partial charge on any atom is 0.221 e. The molecule has 4 nitrogen and oxygen atoms in total. The fourth-order valence-electron chi connectivity index (χ4n) is 2.77. The number of carbonyl (C=O) groups is 2. The van der Waals surface area contributed by atoms with Crippen molar-refractivity contribution in [1.82, 2.24) is 0 Å². The number of ketones is 1. The van der Waals surface area contributed by atoms with E-state index in [-0.39, 0.29) is 11.7 Å². The molecule has 3 aromatic carbocycles. The lowest BCUT2D eigenvalue weighted by molar-refractivity contribution is -0.114. The van der Waals surface area contributed by atoms with E-state index in [1.807, 2.05) is 78.9 Å². The van der Waals surface area contributed by atoms with Crippen LogP contribution in [0.4, 0.5) is 22.7 Å². The van der Waals surface area contributed by atoms with Crippen LogP contribution in [0.1, 0.15) is 24.2 Å². The molecule has 130 valence electrons. The highest BCUT2D eigenvalue weighted by Crippen LogP contribution is 2.34. The maximum atomic E-state index is 11.5. The lowest BCUT2D eigenvalue weighted by Gasteiger charge is -2.25. The smallest absolute Gasteiger partial charge is 0.221 e. The second-order valence-electron chi connectivity index (χ2n) is 6.00. The van der Waals surface area contributed by atoms with Gasteiger partial charge in [-0.05, 0) is 67.6 Å². The number of nitrogens with zero attached hydrogens (tertiary/aromatic N) is 1. The van der Waals surface area contributed by atoms with E-state index in [1.165, 1.54) is 6.92 Å². The molecule has 0 aliphatic carbocycles. The Labute approximate surface area is 153 Å². The van der Waals surface area contributed by atoms with Gasteiger partial charge >= 0.3 is 0 Å². The molecule has 0 saturated carbocycles. The first kappa shape index (κ1) is 17.4. The molecule has 3 rings (SSSR count). The zero-order valence-electron chi connectivity index (χ0n) is 14.8. The SMILES string of the molecule is CC(=O)Nc1ccc(N(c2ccccc2)c2ccc(C(C)=O)cc2)cc1. The van der Waals surface area contributed by atoms with Crippen LogP contribution in [0.2, 0.25) is 0 Å². The number of nitrogens with one attached hydrogen (secondary N) is 1. The molecule has 0 bridgehead atoms. The number of amides is 1. The predicted octanol–water partition coefficient (Wildman–Crippen LogP) is 5.32. The van der Waals surface area contributed by atoms with E-state index >= 15 is 0 Å². The Balaban J connectivity index is 2.01. The fraction of sp³-hybridized carbons (Fsp3) is 0.0909. The van der Waals surface area contributed by atoms with Gasteiger partial charge in [0.05, 0.1) is 0 Å². The molecule has 0 aliphatic heterocycles. The minimum Gasteiger partial charge on any atom is -0.326 e. The van der Waals surface area contributed by atoms with E-state index in [9.17, 15) is 9.59 Å². The Morgan fingerprint density at radius 2 is 1.19 bits per heavy atom. The van der Waals surface area contributed by atoms with Crippen molar-refractivity contribution in [3.05, 3.63) is 84.4 Å². The van der Waals surface area contributed by atoms with Crippen molar-refractivity contribution < 1.29 is 9.59 Å². The summed E-state index contributed by atoms with van der Waals surface area (Å²) < 4.78 is 0. The summed E-state index contributed by atoms with van der Waals surface area (Å²) in [5, 5.41) is 2.78. The average molecular weight is 344 g/mol. The van der Waals surface area contributed by atoms with Gasteiger partial charge in [0.15, 0.2) is 5.78 Å². The monoisotopic (exact) mass is 344 g/mol. The van der Waals surface area contributed by atoms with E-state index in [4.69, 9.17) is 0 Å². The quantitative estimate of drug-likeness (QED) is 0.638. The summed E-state index contributed by atoms with van der Waals surface area (Å²) in [6, 6.07) is 25.2. The third-order valence-corrected chi connectivity index (χ3v) is 3.99. The van der Waals surface area contributed by atoms with Gasteiger partial charge in [-0.15, -0.1) is 0 Å². The van der Waals surface area contributed by atoms with Gasteiger partial charge in [0.1, 0.15) is 0 Å². The molecule has 4 heteroatoms. The Morgan fingerprint density at radius 1 is 0.692 bits per heavy atom. The fourth-order valence-corrected chi connectivity index (χ4v) is 2.77. The number of hydrogen-bond acceptors (Lipinski definition) is 3. The van der Waals surface area contributed by atoms with Gasteiger partial charge in [-0.3, -0.25) is 9.59 Å². The number of Topliss-reactive ketones (excluding diaryl/α,β-unsaturated/α-hetero) is 1. The summed E-state index contributed by atoms with van der Waals surface area (Å²) in [6.45, 7) is 3.05. The number of para-hydroxylation sites is 1. The summed E-state index contributed by atoms with van der Waals surface area (Å²) in [5.74, 6) is -0.0556. The van der Waals surface area contributed by atoms with Crippen molar-refractivity contribution in [2.24, 2.45) is 0 Å². The van der Waals surface area contributed by atoms with Gasteiger partial charge in [-0.1, -0.05) is 18.2 Å². The minimum absolute atomic E-state index is 0.0440. The number of benzene rings is 3. The zero-order valence-corrected chi connectivity index (χ0v) is 14.8. The predicted molar refractivity (Wildman–Crippen MR) is 105 cm³/mol. The first-order chi connectivity index (χ1) is 12.5. The van der Waals surface area contributed by atoms with Crippen molar-refractivity contribution >= 4 is 34.4 Å². The van der Waals surface area contributed by atoms with Crippen LogP contribution in [0, 0.1) is 0 Å². The molecule has 0 aromatic heterocycles. The Hall–Kier alpha value is -3.40. The van der Waals surface area contributed by atoms with Gasteiger partial charge in [0.25, 0.3) is 0 Å². The lowest BCUT2D eigenvalue weighted by Crippen LogP contribution is -2.10. The molecule has 1 amide bonds. The van der Waals surface area contributed by atoms with E-state index in [1.54, 1.807) is 6.92 Å². The minimum atomic E-state index is -0.0995. The number of rotatable bonds is 5. The molecule has 0 atom stereocenters. The molecule has 0 saturated heterocycles. The second-order valence-corrected chi connectivity index (χ2v) is 6.00. The molecule has 1 N–H and O–H groups in total. The highest BCUT2D eigenvalue weighted by Gasteiger charge is 2.12. The highest BCUT2D eigenvalue weighted by atomic mass is 16.1. The van der Waals surface area contributed by atoms with Crippen molar-refractivity contribution in [3.63, 3.8) is 0 Å². The number of hydrogen-bond donors (Lipinski definition) is 1. The molecule has 0 radical (unpaired) electrons. The summed E-state index contributed by atoms with van der Waals surface area (Å²) in [6.07, 6.45) is 0. The summed E-state index contributed by atoms with van der Waals surface area (Å²) in [4.78, 5) is 24.9. The highest BCUT2D eigenvalue weighted by molar-refractivity contribution is 5.94. The van der Waals surface area contributed by atoms with Gasteiger partial charge in [-0.25, -0.2) is 0 Å². The third-order valence-electron chi connectivity index (χ3n) is 3.99. The Morgan fingerprint density at radius 3 is 1.69 bits per heavy atom. The van der Waals surface area contributed by atoms with E-state index in [2.05, 4.69) is 10.2 Å². The standard InChI is InChI=1S/C22H20N2O2/c1-16(25)18-8-12-21(13-9-18)24(20-6-4-3-5-7-20)22-14-10-19(11-15-22)23-17(2)26/h3-15H,1-2H3,(H,23,26). The lowest BCUT2D eigenvalue weighted by atomic mass is 10.1. The number of carbonyl (C=O) groups excluding carboxylic acids is 2. The molecule has 3 aromatic rings. The topological polar surface area (TPSA) is 49.4 Å². The first-order valence-corrected chi connectivity index (χ1v) is 8.38. The summed E-state index contributed by atoms with van der Waals surface area (Å²) in [7, 11) is 0. The van der Waals surface area contributed by atoms with Crippen LogP contribution in [-0.2, 0) is 4.79 Å². The third kappa shape index (κ3) is 3.98. The van der Waals surface area contributed by atoms with Crippen molar-refractivity contribution in [1.29, 1.82) is 0 Å². The molecule has 0 fully saturated rings. The summed E-state index contributed by atoms with van der Waals surface area (Å²) in [5.41, 5.74) is 4.36. The van der Waals surface area contributed by atoms with Crippen LogP contribution in [0.15, 0.2) is 78.9 Å². The molecule has 26 heavy (non-hydrogen) atoms. The molecule has 0 heterocycles. The normalized spacial score (nSPS) is 10.2. The molecular weight excluding hydrogens is 324 g/mol. The van der Waals surface area contributed by atoms with Crippen molar-refractivity contribution in [2.75, 3.05) is 10.2 Å². The largest absolute Gasteiger partial charge is 0.326 e. The van der Waals surface area contributed by atoms with Crippen molar-refractivity contribution in [3.8, 4) is 0 Å². The van der Waals surface area contributed by atoms with Crippen molar-refractivity contribution in [2.45, 2.75) is 13.8 Å². The molecule has 0 unspecified atom stereocenters. The van der Waals surface area contributed by atoms with Crippen LogP contribution in [0.3, 0.4) is 0 Å². The second kappa shape index (κ2) is 7.66. The average Bonchev–Trinajstić information content (AvgIpc) is 2.64. The maximum absolute atomic E-state index is 11.5. The van der Waals surface area contributed by atoms with Gasteiger partial charge in [-0.2, -0.15) is 0 Å². The molecule has 0 spiro atoms. The molecular formula is C22H20N2O2. The van der Waals surface area contributed by atoms with Crippen LogP contribution in [0.5, 0.6) is 0 Å². The Bertz CT molecular complexity index is 901. The van der Waals surface area contributed by atoms with Gasteiger partial charge in [0.2, 0.25) is 5.91 Å². The van der Waals surface area contributed by atoms with Crippen LogP contribution < -0.4 is 10.2 Å². The molecule has 0 aliphatic rings. The Kier molecular flexibility index (Phi) is 5.13. The van der Waals surface area contributed by atoms with Gasteiger partial charge in [0, 0.05) is 35.2 Å². The zero-order chi connectivity index (χ0) is 18.5. The number of anilines is 4.